The maximum Gasteiger partial charge on any atom is 0.305 e. The highest BCUT2D eigenvalue weighted by Crippen LogP contribution is 2.13. The molecule has 122 valence electrons. The quantitative estimate of drug-likeness (QED) is 0.625. The zero-order chi connectivity index (χ0) is 16.5. The van der Waals surface area contributed by atoms with Crippen LogP contribution in [-0.2, 0) is 0 Å². The SMILES string of the molecule is CCCSC(N[C@@H](C)c1ccccc1)=[NH+][C@@H](C)c1ccccc1. The van der Waals surface area contributed by atoms with E-state index in [9.17, 15) is 0 Å². The fourth-order valence-corrected chi connectivity index (χ4v) is 3.30. The summed E-state index contributed by atoms with van der Waals surface area (Å²) in [5, 5.41) is 4.79. The lowest BCUT2D eigenvalue weighted by Crippen LogP contribution is -2.76. The number of thioether (sulfide) groups is 1. The van der Waals surface area contributed by atoms with Crippen LogP contribution in [0.4, 0.5) is 0 Å². The van der Waals surface area contributed by atoms with Gasteiger partial charge in [-0.2, -0.15) is 0 Å². The van der Waals surface area contributed by atoms with Crippen LogP contribution >= 0.6 is 11.8 Å². The van der Waals surface area contributed by atoms with E-state index in [2.05, 4.69) is 91.7 Å². The first kappa shape index (κ1) is 17.6. The normalized spacial score (nSPS) is 14.3. The largest absolute Gasteiger partial charge is 0.305 e. The second-order valence-corrected chi connectivity index (χ2v) is 6.84. The average Bonchev–Trinajstić information content (AvgIpc) is 2.61. The summed E-state index contributed by atoms with van der Waals surface area (Å²) in [7, 11) is 0. The maximum absolute atomic E-state index is 3.64. The van der Waals surface area contributed by atoms with Gasteiger partial charge in [0.2, 0.25) is 0 Å². The zero-order valence-corrected chi connectivity index (χ0v) is 15.1. The Kier molecular flexibility index (Phi) is 7.21. The molecule has 0 bridgehead atoms. The van der Waals surface area contributed by atoms with Crippen LogP contribution in [0.5, 0.6) is 0 Å². The third kappa shape index (κ3) is 5.76. The Morgan fingerprint density at radius 1 is 0.957 bits per heavy atom. The Bertz CT molecular complexity index is 596. The molecule has 0 fully saturated rings. The Balaban J connectivity index is 2.11. The number of benzene rings is 2. The fraction of sp³-hybridized carbons (Fsp3) is 0.350. The second-order valence-electron chi connectivity index (χ2n) is 5.73. The van der Waals surface area contributed by atoms with Gasteiger partial charge >= 0.3 is 5.17 Å². The molecule has 0 saturated carbocycles. The highest BCUT2D eigenvalue weighted by molar-refractivity contribution is 8.13. The van der Waals surface area contributed by atoms with Gasteiger partial charge in [-0.15, -0.1) is 0 Å². The molecule has 2 aromatic rings. The van der Waals surface area contributed by atoms with E-state index in [4.69, 9.17) is 0 Å². The van der Waals surface area contributed by atoms with Gasteiger partial charge < -0.3 is 0 Å². The van der Waals surface area contributed by atoms with Gasteiger partial charge in [0.25, 0.3) is 0 Å². The van der Waals surface area contributed by atoms with Crippen molar-refractivity contribution in [3.63, 3.8) is 0 Å². The van der Waals surface area contributed by atoms with E-state index in [1.54, 1.807) is 0 Å². The van der Waals surface area contributed by atoms with Crippen molar-refractivity contribution in [2.24, 2.45) is 0 Å². The summed E-state index contributed by atoms with van der Waals surface area (Å²) in [6.45, 7) is 6.62. The van der Waals surface area contributed by atoms with Crippen molar-refractivity contribution in [1.29, 1.82) is 0 Å². The fourth-order valence-electron chi connectivity index (χ4n) is 2.37. The van der Waals surface area contributed by atoms with Gasteiger partial charge in [-0.25, -0.2) is 0 Å². The highest BCUT2D eigenvalue weighted by Gasteiger charge is 2.16. The van der Waals surface area contributed by atoms with Crippen molar-refractivity contribution in [2.45, 2.75) is 39.3 Å². The first-order valence-corrected chi connectivity index (χ1v) is 9.32. The van der Waals surface area contributed by atoms with E-state index < -0.39 is 0 Å². The van der Waals surface area contributed by atoms with Gasteiger partial charge in [-0.3, -0.25) is 10.3 Å². The van der Waals surface area contributed by atoms with Crippen molar-refractivity contribution < 1.29 is 4.99 Å². The van der Waals surface area contributed by atoms with E-state index in [-0.39, 0.29) is 12.1 Å². The van der Waals surface area contributed by atoms with E-state index in [0.717, 1.165) is 17.3 Å². The Labute approximate surface area is 144 Å². The standard InChI is InChI=1S/C20H26N2S/c1-4-15-23-20(21-16(2)18-11-7-5-8-12-18)22-17(3)19-13-9-6-10-14-19/h5-14,16-17H,4,15H2,1-3H3,(H,21,22)/p+1/t16-,17-/m0/s1. The molecule has 23 heavy (non-hydrogen) atoms. The molecular weight excluding hydrogens is 300 g/mol. The van der Waals surface area contributed by atoms with Gasteiger partial charge in [-0.05, 0) is 43.2 Å². The van der Waals surface area contributed by atoms with Crippen molar-refractivity contribution in [1.82, 2.24) is 5.32 Å². The molecule has 2 atom stereocenters. The minimum atomic E-state index is 0.283. The summed E-state index contributed by atoms with van der Waals surface area (Å²) in [6.07, 6.45) is 1.16. The summed E-state index contributed by atoms with van der Waals surface area (Å²) in [5.41, 5.74) is 2.60. The van der Waals surface area contributed by atoms with Crippen LogP contribution in [0.1, 0.15) is 50.4 Å². The van der Waals surface area contributed by atoms with Gasteiger partial charge in [0.1, 0.15) is 12.1 Å². The van der Waals surface area contributed by atoms with Crippen LogP contribution in [0.2, 0.25) is 0 Å². The third-order valence-corrected chi connectivity index (χ3v) is 4.88. The van der Waals surface area contributed by atoms with Crippen LogP contribution < -0.4 is 10.3 Å². The molecule has 2 aromatic carbocycles. The molecule has 0 heterocycles. The highest BCUT2D eigenvalue weighted by atomic mass is 32.2. The molecule has 3 heteroatoms. The summed E-state index contributed by atoms with van der Waals surface area (Å²) < 4.78 is 0. The lowest BCUT2D eigenvalue weighted by molar-refractivity contribution is -0.504. The Morgan fingerprint density at radius 3 is 2.09 bits per heavy atom. The molecule has 2 nitrogen and oxygen atoms in total. The molecular formula is C20H27N2S+. The molecule has 0 amide bonds. The Morgan fingerprint density at radius 2 is 1.52 bits per heavy atom. The summed E-state index contributed by atoms with van der Waals surface area (Å²) >= 11 is 1.86. The van der Waals surface area contributed by atoms with Crippen molar-refractivity contribution in [2.75, 3.05) is 5.75 Å². The second kappa shape index (κ2) is 9.41. The smallest absolute Gasteiger partial charge is 0.262 e. The molecule has 0 aliphatic heterocycles. The molecule has 0 unspecified atom stereocenters. The third-order valence-electron chi connectivity index (χ3n) is 3.74. The lowest BCUT2D eigenvalue weighted by Gasteiger charge is -2.13. The maximum atomic E-state index is 3.64. The predicted molar refractivity (Wildman–Crippen MR) is 102 cm³/mol. The van der Waals surface area contributed by atoms with Crippen molar-refractivity contribution in [3.05, 3.63) is 71.8 Å². The molecule has 0 aliphatic rings. The molecule has 0 aliphatic carbocycles. The minimum Gasteiger partial charge on any atom is -0.262 e. The van der Waals surface area contributed by atoms with E-state index >= 15 is 0 Å². The van der Waals surface area contributed by atoms with Crippen molar-refractivity contribution >= 4 is 16.9 Å². The van der Waals surface area contributed by atoms with Gasteiger partial charge in [0.05, 0.1) is 0 Å². The zero-order valence-electron chi connectivity index (χ0n) is 14.3. The number of nitrogens with one attached hydrogen (secondary N) is 2. The molecule has 0 aromatic heterocycles. The van der Waals surface area contributed by atoms with Crippen LogP contribution in [0.3, 0.4) is 0 Å². The van der Waals surface area contributed by atoms with Crippen molar-refractivity contribution in [3.8, 4) is 0 Å². The van der Waals surface area contributed by atoms with Crippen LogP contribution in [0, 0.1) is 0 Å². The first-order valence-electron chi connectivity index (χ1n) is 8.33. The number of rotatable bonds is 6. The average molecular weight is 328 g/mol. The van der Waals surface area contributed by atoms with Gasteiger partial charge in [0, 0.05) is 5.75 Å². The Hall–Kier alpha value is -1.74. The van der Waals surface area contributed by atoms with Crippen LogP contribution in [0.25, 0.3) is 0 Å². The topological polar surface area (TPSA) is 26.0 Å². The molecule has 2 rings (SSSR count). The summed E-state index contributed by atoms with van der Waals surface area (Å²) in [6, 6.07) is 21.7. The number of hydrogen-bond acceptors (Lipinski definition) is 1. The monoisotopic (exact) mass is 327 g/mol. The van der Waals surface area contributed by atoms with Crippen LogP contribution in [0.15, 0.2) is 60.7 Å². The van der Waals surface area contributed by atoms with E-state index in [1.807, 2.05) is 11.8 Å². The summed E-state index contributed by atoms with van der Waals surface area (Å²) in [4.78, 5) is 3.64. The van der Waals surface area contributed by atoms with E-state index in [1.165, 1.54) is 11.1 Å². The van der Waals surface area contributed by atoms with E-state index in [0.29, 0.717) is 0 Å². The number of hydrogen-bond donors (Lipinski definition) is 2. The molecule has 2 N–H and O–H groups in total. The predicted octanol–water partition coefficient (Wildman–Crippen LogP) is 3.68. The lowest BCUT2D eigenvalue weighted by atomic mass is 10.1. The molecule has 0 radical (unpaired) electrons. The molecule has 0 spiro atoms. The van der Waals surface area contributed by atoms with Crippen LogP contribution in [-0.4, -0.2) is 10.9 Å². The minimum absolute atomic E-state index is 0.283. The number of amidine groups is 1. The van der Waals surface area contributed by atoms with Gasteiger partial charge in [0.15, 0.2) is 0 Å². The molecule has 0 saturated heterocycles. The summed E-state index contributed by atoms with van der Waals surface area (Å²) in [5.74, 6) is 1.11. The first-order chi connectivity index (χ1) is 11.2. The van der Waals surface area contributed by atoms with Gasteiger partial charge in [-0.1, -0.05) is 67.6 Å².